The molecule has 0 N–H and O–H groups in total. The van der Waals surface area contributed by atoms with Gasteiger partial charge in [-0.2, -0.15) is 0 Å². The Morgan fingerprint density at radius 3 is 2.33 bits per heavy atom. The van der Waals surface area contributed by atoms with E-state index in [0.29, 0.717) is 0 Å². The van der Waals surface area contributed by atoms with E-state index in [1.807, 2.05) is 6.92 Å². The molecule has 0 saturated carbocycles. The summed E-state index contributed by atoms with van der Waals surface area (Å²) in [7, 11) is 0. The maximum Gasteiger partial charge on any atom is 0.186 e. The van der Waals surface area contributed by atoms with Gasteiger partial charge in [0.1, 0.15) is 0 Å². The predicted molar refractivity (Wildman–Crippen MR) is 49.0 cm³/mol. The Balaban J connectivity index is 3.10. The van der Waals surface area contributed by atoms with Crippen LogP contribution in [-0.4, -0.2) is 14.4 Å². The van der Waals surface area contributed by atoms with Crippen molar-refractivity contribution in [2.45, 2.75) is 13.8 Å². The average Bonchev–Trinajstić information content (AvgIpc) is 1.63. The van der Waals surface area contributed by atoms with Gasteiger partial charge < -0.3 is 0 Å². The van der Waals surface area contributed by atoms with Gasteiger partial charge in [-0.3, -0.25) is 4.79 Å². The lowest BCUT2D eigenvalue weighted by molar-refractivity contribution is -0.109. The third kappa shape index (κ3) is 8.46. The topological polar surface area (TPSA) is 17.1 Å². The molecule has 4 heteroatoms. The molecule has 0 amide bonds. The fourth-order valence-electron chi connectivity index (χ4n) is 0.195. The van der Waals surface area contributed by atoms with Crippen LogP contribution in [0.2, 0.25) is 0 Å². The summed E-state index contributed by atoms with van der Waals surface area (Å²) in [6.45, 7) is 3.42. The van der Waals surface area contributed by atoms with E-state index in [-0.39, 0.29) is 5.12 Å². The molecule has 0 bridgehead atoms. The second-order valence-electron chi connectivity index (χ2n) is 1.39. The van der Waals surface area contributed by atoms with Gasteiger partial charge >= 0.3 is 0 Å². The van der Waals surface area contributed by atoms with Crippen LogP contribution in [-0.2, 0) is 4.79 Å². The number of carbonyl (C=O) groups is 1. The standard InChI is InChI=1S/C5H8OS3/c1-4(6)8-3-9-5(2)7/h3H2,1-2H3. The molecule has 0 atom stereocenters. The highest BCUT2D eigenvalue weighted by molar-refractivity contribution is 8.32. The van der Waals surface area contributed by atoms with Gasteiger partial charge in [0.15, 0.2) is 5.12 Å². The molecule has 0 rings (SSSR count). The van der Waals surface area contributed by atoms with Gasteiger partial charge in [-0.15, -0.1) is 11.8 Å². The van der Waals surface area contributed by atoms with Crippen molar-refractivity contribution >= 4 is 45.1 Å². The summed E-state index contributed by atoms with van der Waals surface area (Å²) in [6.07, 6.45) is 0. The Kier molecular flexibility index (Phi) is 5.53. The molecule has 0 unspecified atom stereocenters. The van der Waals surface area contributed by atoms with E-state index in [4.69, 9.17) is 12.2 Å². The van der Waals surface area contributed by atoms with Crippen LogP contribution >= 0.6 is 35.7 Å². The van der Waals surface area contributed by atoms with Crippen molar-refractivity contribution in [3.8, 4) is 0 Å². The normalized spacial score (nSPS) is 9.11. The fourth-order valence-corrected chi connectivity index (χ4v) is 2.19. The zero-order valence-electron chi connectivity index (χ0n) is 5.34. The van der Waals surface area contributed by atoms with Gasteiger partial charge in [-0.1, -0.05) is 24.0 Å². The van der Waals surface area contributed by atoms with Crippen LogP contribution < -0.4 is 0 Å². The molecular formula is C5H8OS3. The highest BCUT2D eigenvalue weighted by atomic mass is 32.2. The first-order valence-electron chi connectivity index (χ1n) is 2.39. The highest BCUT2D eigenvalue weighted by Crippen LogP contribution is 2.13. The molecule has 52 valence electrons. The van der Waals surface area contributed by atoms with Crippen LogP contribution in [0.1, 0.15) is 13.8 Å². The predicted octanol–water partition coefficient (Wildman–Crippen LogP) is 2.30. The Labute approximate surface area is 69.0 Å². The molecule has 0 aliphatic rings. The SMILES string of the molecule is CC(=O)SCSC(C)=S. The first kappa shape index (κ1) is 9.46. The van der Waals surface area contributed by atoms with Crippen molar-refractivity contribution in [1.29, 1.82) is 0 Å². The summed E-state index contributed by atoms with van der Waals surface area (Å²) in [4.78, 5) is 10.3. The molecule has 0 aromatic rings. The zero-order valence-corrected chi connectivity index (χ0v) is 7.79. The lowest BCUT2D eigenvalue weighted by atomic mass is 10.9. The smallest absolute Gasteiger partial charge is 0.186 e. The van der Waals surface area contributed by atoms with Crippen molar-refractivity contribution in [3.63, 3.8) is 0 Å². The Morgan fingerprint density at radius 2 is 2.00 bits per heavy atom. The van der Waals surface area contributed by atoms with E-state index in [2.05, 4.69) is 0 Å². The van der Waals surface area contributed by atoms with Gasteiger partial charge in [0.25, 0.3) is 0 Å². The summed E-state index contributed by atoms with van der Waals surface area (Å²) in [6, 6.07) is 0. The van der Waals surface area contributed by atoms with Gasteiger partial charge in [-0.05, 0) is 6.92 Å². The minimum atomic E-state index is 0.152. The number of rotatable bonds is 2. The quantitative estimate of drug-likeness (QED) is 0.479. The summed E-state index contributed by atoms with van der Waals surface area (Å²) in [5.74, 6) is 0. The molecule has 0 radical (unpaired) electrons. The van der Waals surface area contributed by atoms with Crippen molar-refractivity contribution in [2.75, 3.05) is 5.08 Å². The third-order valence-corrected chi connectivity index (χ3v) is 2.63. The van der Waals surface area contributed by atoms with E-state index >= 15 is 0 Å². The average molecular weight is 180 g/mol. The van der Waals surface area contributed by atoms with Crippen molar-refractivity contribution in [1.82, 2.24) is 0 Å². The first-order valence-corrected chi connectivity index (χ1v) is 4.77. The Hall–Kier alpha value is 0.460. The molecule has 0 aliphatic carbocycles. The minimum absolute atomic E-state index is 0.152. The monoisotopic (exact) mass is 180 g/mol. The Morgan fingerprint density at radius 1 is 1.44 bits per heavy atom. The highest BCUT2D eigenvalue weighted by Gasteiger charge is 1.93. The lowest BCUT2D eigenvalue weighted by Gasteiger charge is -1.92. The number of carbonyl (C=O) groups excluding carboxylic acids is 1. The van der Waals surface area contributed by atoms with E-state index in [1.165, 1.54) is 23.5 Å². The maximum absolute atomic E-state index is 10.3. The second-order valence-corrected chi connectivity index (χ2v) is 4.97. The van der Waals surface area contributed by atoms with Crippen molar-refractivity contribution < 1.29 is 4.79 Å². The molecule has 0 saturated heterocycles. The van der Waals surface area contributed by atoms with Crippen LogP contribution in [0.25, 0.3) is 0 Å². The van der Waals surface area contributed by atoms with Crippen LogP contribution in [0.15, 0.2) is 0 Å². The van der Waals surface area contributed by atoms with Crippen LogP contribution in [0.5, 0.6) is 0 Å². The molecule has 0 heterocycles. The van der Waals surface area contributed by atoms with E-state index in [1.54, 1.807) is 6.92 Å². The van der Waals surface area contributed by atoms with Crippen LogP contribution in [0.3, 0.4) is 0 Å². The third-order valence-electron chi connectivity index (χ3n) is 0.524. The van der Waals surface area contributed by atoms with Crippen molar-refractivity contribution in [2.24, 2.45) is 0 Å². The van der Waals surface area contributed by atoms with Gasteiger partial charge in [0.05, 0.1) is 5.08 Å². The molecular weight excluding hydrogens is 172 g/mol. The second kappa shape index (κ2) is 5.26. The number of hydrogen-bond donors (Lipinski definition) is 0. The van der Waals surface area contributed by atoms with E-state index in [9.17, 15) is 4.79 Å². The Bertz CT molecular complexity index is 107. The maximum atomic E-state index is 10.3. The first-order chi connectivity index (χ1) is 4.13. The number of thiocarbonyl (C=S) groups is 1. The summed E-state index contributed by atoms with van der Waals surface area (Å²) in [5.41, 5.74) is 0. The fraction of sp³-hybridized carbons (Fsp3) is 0.600. The van der Waals surface area contributed by atoms with Gasteiger partial charge in [-0.25, -0.2) is 0 Å². The summed E-state index contributed by atoms with van der Waals surface area (Å²) < 4.78 is 0.892. The molecule has 0 aromatic carbocycles. The van der Waals surface area contributed by atoms with Crippen molar-refractivity contribution in [3.05, 3.63) is 0 Å². The summed E-state index contributed by atoms with van der Waals surface area (Å²) in [5, 5.41) is 0.906. The number of thioether (sulfide) groups is 2. The molecule has 0 aromatic heterocycles. The van der Waals surface area contributed by atoms with Gasteiger partial charge in [0, 0.05) is 11.1 Å². The summed E-state index contributed by atoms with van der Waals surface area (Å²) >= 11 is 7.62. The van der Waals surface area contributed by atoms with E-state index < -0.39 is 0 Å². The molecule has 1 nitrogen and oxygen atoms in total. The number of hydrogen-bond acceptors (Lipinski definition) is 4. The molecule has 0 spiro atoms. The lowest BCUT2D eigenvalue weighted by Crippen LogP contribution is -1.83. The largest absolute Gasteiger partial charge is 0.288 e. The van der Waals surface area contributed by atoms with E-state index in [0.717, 1.165) is 9.28 Å². The van der Waals surface area contributed by atoms with Crippen LogP contribution in [0, 0.1) is 0 Å². The van der Waals surface area contributed by atoms with Crippen LogP contribution in [0.4, 0.5) is 0 Å². The minimum Gasteiger partial charge on any atom is -0.288 e. The molecule has 0 aliphatic heterocycles. The molecule has 9 heavy (non-hydrogen) atoms. The molecule has 0 fully saturated rings. The zero-order chi connectivity index (χ0) is 7.28. The van der Waals surface area contributed by atoms with Gasteiger partial charge in [0.2, 0.25) is 0 Å².